The largest absolute Gasteiger partial charge is 0.263 e. The minimum atomic E-state index is 0.316. The lowest BCUT2D eigenvalue weighted by atomic mass is 9.96. The first-order valence-corrected chi connectivity index (χ1v) is 6.19. The van der Waals surface area contributed by atoms with Crippen molar-refractivity contribution in [1.82, 2.24) is 15.2 Å². The summed E-state index contributed by atoms with van der Waals surface area (Å²) >= 11 is 0. The zero-order valence-electron chi connectivity index (χ0n) is 10.6. The molecule has 3 nitrogen and oxygen atoms in total. The molecule has 0 amide bonds. The zero-order chi connectivity index (χ0) is 12.3. The van der Waals surface area contributed by atoms with E-state index in [1.165, 1.54) is 5.56 Å². The van der Waals surface area contributed by atoms with E-state index in [4.69, 9.17) is 0 Å². The smallest absolute Gasteiger partial charge is 0.153 e. The molecular weight excluding hydrogens is 210 g/mol. The van der Waals surface area contributed by atoms with Crippen LogP contribution in [0.15, 0.2) is 30.3 Å². The standard InChI is InChI=1S/C14H19N3/c1-4-12(11-8-6-5-7-9-11)14-15-13(10(2)3)16-17-14/h5-10,12H,4H2,1-3H3,(H,15,16,17). The minimum absolute atomic E-state index is 0.316. The summed E-state index contributed by atoms with van der Waals surface area (Å²) in [6.07, 6.45) is 1.02. The summed E-state index contributed by atoms with van der Waals surface area (Å²) < 4.78 is 0. The van der Waals surface area contributed by atoms with Crippen molar-refractivity contribution >= 4 is 0 Å². The first-order valence-electron chi connectivity index (χ1n) is 6.19. The van der Waals surface area contributed by atoms with Crippen LogP contribution in [-0.4, -0.2) is 15.2 Å². The van der Waals surface area contributed by atoms with Crippen molar-refractivity contribution in [2.24, 2.45) is 0 Å². The quantitative estimate of drug-likeness (QED) is 0.872. The van der Waals surface area contributed by atoms with E-state index in [1.807, 2.05) is 6.07 Å². The van der Waals surface area contributed by atoms with Gasteiger partial charge in [-0.25, -0.2) is 4.98 Å². The Morgan fingerprint density at radius 2 is 1.88 bits per heavy atom. The van der Waals surface area contributed by atoms with Gasteiger partial charge in [0.1, 0.15) is 5.82 Å². The lowest BCUT2D eigenvalue weighted by molar-refractivity contribution is 0.719. The number of hydrogen-bond acceptors (Lipinski definition) is 2. The number of aromatic nitrogens is 3. The average Bonchev–Trinajstić information content (AvgIpc) is 2.81. The molecule has 0 bridgehead atoms. The molecule has 17 heavy (non-hydrogen) atoms. The van der Waals surface area contributed by atoms with Gasteiger partial charge in [0.15, 0.2) is 5.82 Å². The highest BCUT2D eigenvalue weighted by Gasteiger charge is 2.17. The van der Waals surface area contributed by atoms with Crippen LogP contribution in [0, 0.1) is 0 Å². The third-order valence-corrected chi connectivity index (χ3v) is 2.98. The van der Waals surface area contributed by atoms with Crippen LogP contribution in [0.5, 0.6) is 0 Å². The van der Waals surface area contributed by atoms with Crippen LogP contribution in [0.4, 0.5) is 0 Å². The molecule has 1 heterocycles. The van der Waals surface area contributed by atoms with Crippen molar-refractivity contribution in [1.29, 1.82) is 0 Å². The Morgan fingerprint density at radius 1 is 1.18 bits per heavy atom. The molecule has 2 aromatic rings. The molecule has 1 unspecified atom stereocenters. The van der Waals surface area contributed by atoms with Crippen LogP contribution in [0.3, 0.4) is 0 Å². The molecule has 1 N–H and O–H groups in total. The summed E-state index contributed by atoms with van der Waals surface area (Å²) in [5.74, 6) is 2.56. The van der Waals surface area contributed by atoms with Crippen LogP contribution in [0.1, 0.15) is 56.2 Å². The number of benzene rings is 1. The van der Waals surface area contributed by atoms with Gasteiger partial charge in [-0.15, -0.1) is 0 Å². The third kappa shape index (κ3) is 2.54. The SMILES string of the molecule is CCC(c1ccccc1)c1nc(C(C)C)n[nH]1. The van der Waals surface area contributed by atoms with E-state index in [0.29, 0.717) is 11.8 Å². The summed E-state index contributed by atoms with van der Waals surface area (Å²) in [4.78, 5) is 4.59. The minimum Gasteiger partial charge on any atom is -0.263 e. The van der Waals surface area contributed by atoms with Crippen molar-refractivity contribution < 1.29 is 0 Å². The van der Waals surface area contributed by atoms with Gasteiger partial charge < -0.3 is 0 Å². The third-order valence-electron chi connectivity index (χ3n) is 2.98. The monoisotopic (exact) mass is 229 g/mol. The molecule has 0 fully saturated rings. The molecule has 90 valence electrons. The number of aromatic amines is 1. The predicted molar refractivity (Wildman–Crippen MR) is 69.0 cm³/mol. The number of hydrogen-bond donors (Lipinski definition) is 1. The van der Waals surface area contributed by atoms with E-state index in [9.17, 15) is 0 Å². The van der Waals surface area contributed by atoms with Gasteiger partial charge in [0, 0.05) is 11.8 Å². The number of nitrogens with one attached hydrogen (secondary N) is 1. The van der Waals surface area contributed by atoms with Gasteiger partial charge in [0.05, 0.1) is 0 Å². The molecule has 0 aliphatic heterocycles. The van der Waals surface area contributed by atoms with Crippen molar-refractivity contribution in [3.63, 3.8) is 0 Å². The maximum Gasteiger partial charge on any atom is 0.153 e. The average molecular weight is 229 g/mol. The van der Waals surface area contributed by atoms with Gasteiger partial charge in [0.25, 0.3) is 0 Å². The second kappa shape index (κ2) is 5.13. The molecule has 0 radical (unpaired) electrons. The summed E-state index contributed by atoms with van der Waals surface area (Å²) in [5, 5.41) is 7.35. The lowest BCUT2D eigenvalue weighted by Crippen LogP contribution is -2.02. The maximum absolute atomic E-state index is 4.59. The summed E-state index contributed by atoms with van der Waals surface area (Å²) in [6, 6.07) is 10.5. The summed E-state index contributed by atoms with van der Waals surface area (Å²) in [7, 11) is 0. The molecule has 1 aromatic carbocycles. The fraction of sp³-hybridized carbons (Fsp3) is 0.429. The molecule has 1 atom stereocenters. The highest BCUT2D eigenvalue weighted by Crippen LogP contribution is 2.25. The molecule has 0 spiro atoms. The Bertz CT molecular complexity index is 459. The molecule has 0 aliphatic carbocycles. The van der Waals surface area contributed by atoms with Gasteiger partial charge in [-0.2, -0.15) is 5.10 Å². The molecule has 0 saturated carbocycles. The highest BCUT2D eigenvalue weighted by atomic mass is 15.2. The first-order chi connectivity index (χ1) is 8.22. The predicted octanol–water partition coefficient (Wildman–Crippen LogP) is 3.47. The van der Waals surface area contributed by atoms with Crippen LogP contribution in [-0.2, 0) is 0 Å². The lowest BCUT2D eigenvalue weighted by Gasteiger charge is -2.11. The number of rotatable bonds is 4. The Hall–Kier alpha value is -1.64. The molecule has 2 rings (SSSR count). The Labute approximate surface area is 102 Å². The number of nitrogens with zero attached hydrogens (tertiary/aromatic N) is 2. The van der Waals surface area contributed by atoms with E-state index in [2.05, 4.69) is 60.2 Å². The van der Waals surface area contributed by atoms with E-state index in [-0.39, 0.29) is 0 Å². The molecule has 1 aromatic heterocycles. The number of H-pyrrole nitrogens is 1. The molecule has 3 heteroatoms. The van der Waals surface area contributed by atoms with Gasteiger partial charge >= 0.3 is 0 Å². The van der Waals surface area contributed by atoms with Crippen molar-refractivity contribution in [3.05, 3.63) is 47.5 Å². The molecule has 0 aliphatic rings. The summed E-state index contributed by atoms with van der Waals surface area (Å²) in [6.45, 7) is 6.39. The van der Waals surface area contributed by atoms with Crippen LogP contribution in [0.25, 0.3) is 0 Å². The molecule has 0 saturated heterocycles. The normalized spacial score (nSPS) is 12.9. The zero-order valence-corrected chi connectivity index (χ0v) is 10.6. The fourth-order valence-corrected chi connectivity index (χ4v) is 1.97. The van der Waals surface area contributed by atoms with E-state index in [1.54, 1.807) is 0 Å². The van der Waals surface area contributed by atoms with Crippen molar-refractivity contribution in [3.8, 4) is 0 Å². The van der Waals surface area contributed by atoms with Crippen LogP contribution >= 0.6 is 0 Å². The molecular formula is C14H19N3. The topological polar surface area (TPSA) is 41.6 Å². The van der Waals surface area contributed by atoms with E-state index < -0.39 is 0 Å². The van der Waals surface area contributed by atoms with E-state index in [0.717, 1.165) is 18.1 Å². The Balaban J connectivity index is 2.29. The van der Waals surface area contributed by atoms with Gasteiger partial charge in [-0.1, -0.05) is 51.1 Å². The maximum atomic E-state index is 4.59. The van der Waals surface area contributed by atoms with Gasteiger partial charge in [-0.3, -0.25) is 5.10 Å². The van der Waals surface area contributed by atoms with Gasteiger partial charge in [-0.05, 0) is 12.0 Å². The first kappa shape index (κ1) is 11.8. The van der Waals surface area contributed by atoms with Crippen LogP contribution < -0.4 is 0 Å². The van der Waals surface area contributed by atoms with Gasteiger partial charge in [0.2, 0.25) is 0 Å². The second-order valence-corrected chi connectivity index (χ2v) is 4.61. The summed E-state index contributed by atoms with van der Waals surface area (Å²) in [5.41, 5.74) is 1.29. The second-order valence-electron chi connectivity index (χ2n) is 4.61. The van der Waals surface area contributed by atoms with Crippen molar-refractivity contribution in [2.45, 2.75) is 39.0 Å². The van der Waals surface area contributed by atoms with Crippen molar-refractivity contribution in [2.75, 3.05) is 0 Å². The Morgan fingerprint density at radius 3 is 2.41 bits per heavy atom. The van der Waals surface area contributed by atoms with E-state index >= 15 is 0 Å². The van der Waals surface area contributed by atoms with Crippen LogP contribution in [0.2, 0.25) is 0 Å². The Kier molecular flexibility index (Phi) is 3.57. The highest BCUT2D eigenvalue weighted by molar-refractivity contribution is 5.25. The fourth-order valence-electron chi connectivity index (χ4n) is 1.97.